The first-order valence-electron chi connectivity index (χ1n) is 9.62. The van der Waals surface area contributed by atoms with Crippen LogP contribution in [0.2, 0.25) is 0 Å². The van der Waals surface area contributed by atoms with E-state index < -0.39 is 0 Å². The van der Waals surface area contributed by atoms with Gasteiger partial charge >= 0.3 is 6.03 Å². The average molecular weight is 383 g/mol. The summed E-state index contributed by atoms with van der Waals surface area (Å²) in [5.74, 6) is 1.72. The van der Waals surface area contributed by atoms with Gasteiger partial charge < -0.3 is 20.1 Å². The molecule has 0 aliphatic carbocycles. The van der Waals surface area contributed by atoms with Gasteiger partial charge in [-0.15, -0.1) is 0 Å². The van der Waals surface area contributed by atoms with Gasteiger partial charge in [0, 0.05) is 25.7 Å². The number of anilines is 1. The highest BCUT2D eigenvalue weighted by atomic mass is 16.5. The monoisotopic (exact) mass is 383 g/mol. The molecule has 2 aromatic rings. The number of rotatable bonds is 7. The van der Waals surface area contributed by atoms with Crippen LogP contribution in [0.4, 0.5) is 10.5 Å². The Hall–Kier alpha value is -2.73. The lowest BCUT2D eigenvalue weighted by Crippen LogP contribution is -2.34. The summed E-state index contributed by atoms with van der Waals surface area (Å²) < 4.78 is 10.5. The van der Waals surface area contributed by atoms with Crippen molar-refractivity contribution in [1.29, 1.82) is 0 Å². The number of benzene rings is 2. The standard InChI is InChI=1S/C22H29N3O3/c1-16-4-6-17(7-5-16)14-25-11-10-18(15-25)13-23-22(26)24-20-9-8-19(27-2)12-21(20)28-3/h4-9,12,18H,10-11,13-15H2,1-3H3,(H2,23,24,26)/t18-/m1/s1. The topological polar surface area (TPSA) is 62.8 Å². The second kappa shape index (κ2) is 9.46. The zero-order chi connectivity index (χ0) is 19.9. The smallest absolute Gasteiger partial charge is 0.319 e. The molecule has 1 aliphatic rings. The molecular weight excluding hydrogens is 354 g/mol. The molecule has 1 saturated heterocycles. The van der Waals surface area contributed by atoms with Gasteiger partial charge in [-0.2, -0.15) is 0 Å². The molecule has 28 heavy (non-hydrogen) atoms. The molecule has 1 atom stereocenters. The highest BCUT2D eigenvalue weighted by Crippen LogP contribution is 2.29. The molecule has 6 heteroatoms. The summed E-state index contributed by atoms with van der Waals surface area (Å²) in [4.78, 5) is 14.7. The number of aryl methyl sites for hydroxylation is 1. The Labute approximate surface area is 166 Å². The maximum atomic E-state index is 12.3. The summed E-state index contributed by atoms with van der Waals surface area (Å²) in [6.07, 6.45) is 1.10. The van der Waals surface area contributed by atoms with Crippen LogP contribution in [0.25, 0.3) is 0 Å². The average Bonchev–Trinajstić information content (AvgIpc) is 3.16. The molecule has 0 spiro atoms. The maximum Gasteiger partial charge on any atom is 0.319 e. The molecule has 6 nitrogen and oxygen atoms in total. The number of hydrogen-bond donors (Lipinski definition) is 2. The van der Waals surface area contributed by atoms with Crippen molar-refractivity contribution in [3.8, 4) is 11.5 Å². The Kier molecular flexibility index (Phi) is 6.76. The van der Waals surface area contributed by atoms with Crippen molar-refractivity contribution in [1.82, 2.24) is 10.2 Å². The first-order chi connectivity index (χ1) is 13.6. The predicted octanol–water partition coefficient (Wildman–Crippen LogP) is 3.66. The minimum Gasteiger partial charge on any atom is -0.497 e. The molecule has 2 amide bonds. The fraction of sp³-hybridized carbons (Fsp3) is 0.409. The fourth-order valence-electron chi connectivity index (χ4n) is 3.48. The van der Waals surface area contributed by atoms with E-state index in [0.717, 1.165) is 26.1 Å². The number of nitrogens with zero attached hydrogens (tertiary/aromatic N) is 1. The number of methoxy groups -OCH3 is 2. The van der Waals surface area contributed by atoms with E-state index >= 15 is 0 Å². The van der Waals surface area contributed by atoms with Gasteiger partial charge in [0.2, 0.25) is 0 Å². The lowest BCUT2D eigenvalue weighted by atomic mass is 10.1. The minimum atomic E-state index is -0.222. The van der Waals surface area contributed by atoms with E-state index in [0.29, 0.717) is 29.6 Å². The Balaban J connectivity index is 1.44. The lowest BCUT2D eigenvalue weighted by molar-refractivity contribution is 0.249. The van der Waals surface area contributed by atoms with Crippen molar-refractivity contribution in [3.63, 3.8) is 0 Å². The largest absolute Gasteiger partial charge is 0.497 e. The molecule has 1 aliphatic heterocycles. The molecule has 1 heterocycles. The second-order valence-corrected chi connectivity index (χ2v) is 7.28. The normalized spacial score (nSPS) is 16.6. The van der Waals surface area contributed by atoms with Gasteiger partial charge in [0.15, 0.2) is 0 Å². The molecule has 0 saturated carbocycles. The van der Waals surface area contributed by atoms with Crippen LogP contribution in [-0.2, 0) is 6.54 Å². The summed E-state index contributed by atoms with van der Waals surface area (Å²) in [7, 11) is 3.16. The minimum absolute atomic E-state index is 0.222. The van der Waals surface area contributed by atoms with Crippen LogP contribution in [0.1, 0.15) is 17.5 Å². The van der Waals surface area contributed by atoms with Crippen molar-refractivity contribution in [2.75, 3.05) is 39.2 Å². The second-order valence-electron chi connectivity index (χ2n) is 7.28. The first-order valence-corrected chi connectivity index (χ1v) is 9.62. The Bertz CT molecular complexity index is 792. The van der Waals surface area contributed by atoms with Gasteiger partial charge in [-0.3, -0.25) is 4.90 Å². The van der Waals surface area contributed by atoms with Crippen molar-refractivity contribution in [2.45, 2.75) is 19.9 Å². The maximum absolute atomic E-state index is 12.3. The van der Waals surface area contributed by atoms with Crippen molar-refractivity contribution in [3.05, 3.63) is 53.6 Å². The Morgan fingerprint density at radius 2 is 1.93 bits per heavy atom. The number of amides is 2. The number of nitrogens with one attached hydrogen (secondary N) is 2. The predicted molar refractivity (Wildman–Crippen MR) is 111 cm³/mol. The van der Waals surface area contributed by atoms with Gasteiger partial charge in [-0.25, -0.2) is 4.79 Å². The fourth-order valence-corrected chi connectivity index (χ4v) is 3.48. The molecule has 2 aromatic carbocycles. The van der Waals surface area contributed by atoms with Crippen LogP contribution >= 0.6 is 0 Å². The highest BCUT2D eigenvalue weighted by Gasteiger charge is 2.23. The summed E-state index contributed by atoms with van der Waals surface area (Å²) >= 11 is 0. The summed E-state index contributed by atoms with van der Waals surface area (Å²) in [5, 5.41) is 5.83. The molecule has 3 rings (SSSR count). The zero-order valence-corrected chi connectivity index (χ0v) is 16.8. The van der Waals surface area contributed by atoms with Crippen LogP contribution in [-0.4, -0.2) is 44.8 Å². The van der Waals surface area contributed by atoms with E-state index in [9.17, 15) is 4.79 Å². The number of carbonyl (C=O) groups excluding carboxylic acids is 1. The van der Waals surface area contributed by atoms with E-state index in [-0.39, 0.29) is 6.03 Å². The quantitative estimate of drug-likeness (QED) is 0.766. The van der Waals surface area contributed by atoms with Gasteiger partial charge in [-0.05, 0) is 43.5 Å². The van der Waals surface area contributed by atoms with Crippen LogP contribution in [0, 0.1) is 12.8 Å². The SMILES string of the molecule is COc1ccc(NC(=O)NC[C@H]2CCN(Cc3ccc(C)cc3)C2)c(OC)c1. The molecule has 0 aromatic heterocycles. The Morgan fingerprint density at radius 3 is 2.64 bits per heavy atom. The van der Waals surface area contributed by atoms with Crippen LogP contribution in [0.15, 0.2) is 42.5 Å². The van der Waals surface area contributed by atoms with Crippen molar-refractivity contribution >= 4 is 11.7 Å². The first kappa shape index (κ1) is 20.0. The van der Waals surface area contributed by atoms with E-state index in [1.165, 1.54) is 11.1 Å². The van der Waals surface area contributed by atoms with Gasteiger partial charge in [0.05, 0.1) is 19.9 Å². The van der Waals surface area contributed by atoms with Gasteiger partial charge in [0.1, 0.15) is 11.5 Å². The number of hydrogen-bond acceptors (Lipinski definition) is 4. The van der Waals surface area contributed by atoms with E-state index in [2.05, 4.69) is 46.7 Å². The lowest BCUT2D eigenvalue weighted by Gasteiger charge is -2.17. The number of likely N-dealkylation sites (tertiary alicyclic amines) is 1. The van der Waals surface area contributed by atoms with Crippen molar-refractivity contribution < 1.29 is 14.3 Å². The zero-order valence-electron chi connectivity index (χ0n) is 16.8. The third kappa shape index (κ3) is 5.39. The van der Waals surface area contributed by atoms with Crippen LogP contribution in [0.5, 0.6) is 11.5 Å². The third-order valence-corrected chi connectivity index (χ3v) is 5.10. The summed E-state index contributed by atoms with van der Waals surface area (Å²) in [6.45, 7) is 5.79. The third-order valence-electron chi connectivity index (χ3n) is 5.10. The van der Waals surface area contributed by atoms with E-state index in [1.807, 2.05) is 0 Å². The van der Waals surface area contributed by atoms with E-state index in [1.54, 1.807) is 32.4 Å². The summed E-state index contributed by atoms with van der Waals surface area (Å²) in [5.41, 5.74) is 3.24. The molecule has 2 N–H and O–H groups in total. The number of urea groups is 1. The molecule has 1 fully saturated rings. The van der Waals surface area contributed by atoms with Crippen LogP contribution < -0.4 is 20.1 Å². The van der Waals surface area contributed by atoms with Gasteiger partial charge in [0.25, 0.3) is 0 Å². The number of carbonyl (C=O) groups is 1. The molecule has 0 bridgehead atoms. The van der Waals surface area contributed by atoms with Gasteiger partial charge in [-0.1, -0.05) is 29.8 Å². The summed E-state index contributed by atoms with van der Waals surface area (Å²) in [6, 6.07) is 13.8. The number of ether oxygens (including phenoxy) is 2. The molecular formula is C22H29N3O3. The highest BCUT2D eigenvalue weighted by molar-refractivity contribution is 5.91. The molecule has 0 unspecified atom stereocenters. The van der Waals surface area contributed by atoms with Crippen LogP contribution in [0.3, 0.4) is 0 Å². The van der Waals surface area contributed by atoms with Crippen molar-refractivity contribution in [2.24, 2.45) is 5.92 Å². The molecule has 150 valence electrons. The Morgan fingerprint density at radius 1 is 1.14 bits per heavy atom. The van der Waals surface area contributed by atoms with E-state index in [4.69, 9.17) is 9.47 Å². The molecule has 0 radical (unpaired) electrons.